The van der Waals surface area contributed by atoms with E-state index in [-0.39, 0.29) is 24.0 Å². The van der Waals surface area contributed by atoms with Gasteiger partial charge in [-0.25, -0.2) is 9.98 Å². The summed E-state index contributed by atoms with van der Waals surface area (Å²) in [6, 6.07) is 0. The number of hydrogen-bond acceptors (Lipinski definition) is 5. The van der Waals surface area contributed by atoms with Crippen molar-refractivity contribution in [2.75, 3.05) is 46.4 Å². The van der Waals surface area contributed by atoms with Gasteiger partial charge in [-0.3, -0.25) is 0 Å². The Hall–Kier alpha value is -0.450. The number of aryl methyl sites for hydroxylation is 2. The molecule has 0 aliphatic carbocycles. The fraction of sp³-hybridized carbons (Fsp3) is 0.778. The van der Waals surface area contributed by atoms with Crippen molar-refractivity contribution >= 4 is 41.3 Å². The van der Waals surface area contributed by atoms with Crippen LogP contribution >= 0.6 is 35.3 Å². The number of hydrogen-bond donors (Lipinski definition) is 2. The minimum Gasteiger partial charge on any atom is -0.383 e. The van der Waals surface area contributed by atoms with Crippen molar-refractivity contribution in [3.8, 4) is 0 Å². The van der Waals surface area contributed by atoms with Crippen LogP contribution in [-0.4, -0.2) is 62.3 Å². The van der Waals surface area contributed by atoms with E-state index in [0.717, 1.165) is 48.8 Å². The minimum atomic E-state index is 0. The topological polar surface area (TPSA) is 61.8 Å². The predicted molar refractivity (Wildman–Crippen MR) is 121 cm³/mol. The summed E-state index contributed by atoms with van der Waals surface area (Å²) in [5.41, 5.74) is 1.10. The summed E-state index contributed by atoms with van der Waals surface area (Å²) in [6.45, 7) is 13.0. The number of halogens is 1. The Labute approximate surface area is 179 Å². The van der Waals surface area contributed by atoms with Crippen LogP contribution in [0.2, 0.25) is 0 Å². The summed E-state index contributed by atoms with van der Waals surface area (Å²) in [4.78, 5) is 13.0. The maximum atomic E-state index is 5.17. The van der Waals surface area contributed by atoms with Gasteiger partial charge in [0.15, 0.2) is 5.96 Å². The molecule has 0 radical (unpaired) electrons. The first-order chi connectivity index (χ1) is 12.1. The van der Waals surface area contributed by atoms with E-state index >= 15 is 0 Å². The molecule has 1 saturated heterocycles. The monoisotopic (exact) mass is 495 g/mol. The zero-order valence-electron chi connectivity index (χ0n) is 16.5. The Morgan fingerprint density at radius 1 is 1.31 bits per heavy atom. The van der Waals surface area contributed by atoms with Gasteiger partial charge in [0.1, 0.15) is 0 Å². The van der Waals surface area contributed by atoms with E-state index < -0.39 is 0 Å². The molecule has 2 heterocycles. The van der Waals surface area contributed by atoms with E-state index in [0.29, 0.717) is 6.54 Å². The maximum Gasteiger partial charge on any atom is 0.191 e. The van der Waals surface area contributed by atoms with E-state index in [1.165, 1.54) is 30.8 Å². The molecule has 1 fully saturated rings. The molecule has 1 aliphatic rings. The molecule has 2 N–H and O–H groups in total. The van der Waals surface area contributed by atoms with Crippen LogP contribution < -0.4 is 10.6 Å². The zero-order valence-corrected chi connectivity index (χ0v) is 19.7. The molecule has 0 spiro atoms. The molecule has 26 heavy (non-hydrogen) atoms. The lowest BCUT2D eigenvalue weighted by Gasteiger charge is -2.32. The number of likely N-dealkylation sites (tertiary alicyclic amines) is 1. The fourth-order valence-electron chi connectivity index (χ4n) is 3.09. The lowest BCUT2D eigenvalue weighted by atomic mass is 9.97. The molecule has 1 aliphatic heterocycles. The van der Waals surface area contributed by atoms with Crippen LogP contribution in [0.15, 0.2) is 4.99 Å². The highest BCUT2D eigenvalue weighted by molar-refractivity contribution is 14.0. The lowest BCUT2D eigenvalue weighted by molar-refractivity contribution is 0.121. The molecule has 0 atom stereocenters. The van der Waals surface area contributed by atoms with E-state index in [1.807, 2.05) is 6.92 Å². The van der Waals surface area contributed by atoms with Crippen molar-refractivity contribution in [3.05, 3.63) is 15.6 Å². The van der Waals surface area contributed by atoms with Gasteiger partial charge >= 0.3 is 0 Å². The van der Waals surface area contributed by atoms with Crippen LogP contribution in [0, 0.1) is 19.8 Å². The van der Waals surface area contributed by atoms with Gasteiger partial charge in [-0.2, -0.15) is 0 Å². The van der Waals surface area contributed by atoms with E-state index in [1.54, 1.807) is 18.4 Å². The number of nitrogens with one attached hydrogen (secondary N) is 2. The molecule has 1 aromatic heterocycles. The fourth-order valence-corrected chi connectivity index (χ4v) is 3.95. The van der Waals surface area contributed by atoms with Gasteiger partial charge < -0.3 is 20.3 Å². The van der Waals surface area contributed by atoms with Crippen LogP contribution in [0.1, 0.15) is 35.3 Å². The highest BCUT2D eigenvalue weighted by Gasteiger charge is 2.19. The summed E-state index contributed by atoms with van der Waals surface area (Å²) < 4.78 is 5.17. The Kier molecular flexibility index (Phi) is 11.7. The Morgan fingerprint density at radius 3 is 2.62 bits per heavy atom. The normalized spacial score (nSPS) is 16.4. The molecule has 6 nitrogen and oxygen atoms in total. The van der Waals surface area contributed by atoms with Crippen molar-refractivity contribution in [2.24, 2.45) is 10.9 Å². The maximum absolute atomic E-state index is 5.17. The molecule has 2 rings (SSSR count). The largest absolute Gasteiger partial charge is 0.383 e. The van der Waals surface area contributed by atoms with Crippen molar-refractivity contribution in [3.63, 3.8) is 0 Å². The lowest BCUT2D eigenvalue weighted by Crippen LogP contribution is -2.43. The summed E-state index contributed by atoms with van der Waals surface area (Å²) in [5.74, 6) is 1.63. The van der Waals surface area contributed by atoms with Gasteiger partial charge in [0.05, 0.1) is 23.9 Å². The number of methoxy groups -OCH3 is 1. The smallest absolute Gasteiger partial charge is 0.191 e. The second kappa shape index (κ2) is 12.9. The standard InChI is InChI=1S/C18H33N5OS.HI/c1-5-19-18(21-13-17-14(2)22-15(3)25-17)20-12-16-6-8-23(9-7-16)10-11-24-4;/h16H,5-13H2,1-4H3,(H2,19,20,21);1H. The Morgan fingerprint density at radius 2 is 2.04 bits per heavy atom. The number of aromatic nitrogens is 1. The number of guanidine groups is 1. The summed E-state index contributed by atoms with van der Waals surface area (Å²) >= 11 is 1.74. The van der Waals surface area contributed by atoms with Gasteiger partial charge in [0.2, 0.25) is 0 Å². The summed E-state index contributed by atoms with van der Waals surface area (Å²) in [6.07, 6.45) is 2.48. The number of piperidine rings is 1. The Balaban J connectivity index is 0.00000338. The Bertz CT molecular complexity index is 544. The number of thiazole rings is 1. The second-order valence-electron chi connectivity index (χ2n) is 6.60. The number of rotatable bonds is 8. The third-order valence-corrected chi connectivity index (χ3v) is 5.66. The molecular formula is C18H34IN5OS. The van der Waals surface area contributed by atoms with Crippen LogP contribution in [0.4, 0.5) is 0 Å². The number of aliphatic imine (C=N–C) groups is 1. The SMILES string of the molecule is CCNC(=NCc1sc(C)nc1C)NCC1CCN(CCOC)CC1.I. The quantitative estimate of drug-likeness (QED) is 0.330. The average Bonchev–Trinajstić information content (AvgIpc) is 2.94. The van der Waals surface area contributed by atoms with Crippen molar-refractivity contribution in [2.45, 2.75) is 40.2 Å². The number of nitrogens with zero attached hydrogens (tertiary/aromatic N) is 3. The first-order valence-electron chi connectivity index (χ1n) is 9.28. The van der Waals surface area contributed by atoms with Crippen molar-refractivity contribution in [1.82, 2.24) is 20.5 Å². The zero-order chi connectivity index (χ0) is 18.1. The van der Waals surface area contributed by atoms with Crippen LogP contribution in [0.5, 0.6) is 0 Å². The first kappa shape index (κ1) is 23.6. The third-order valence-electron chi connectivity index (χ3n) is 4.60. The molecule has 0 aromatic carbocycles. The average molecular weight is 495 g/mol. The molecule has 1 aromatic rings. The van der Waals surface area contributed by atoms with Gasteiger partial charge in [-0.05, 0) is 52.6 Å². The highest BCUT2D eigenvalue weighted by Crippen LogP contribution is 2.18. The number of ether oxygens (including phenoxy) is 1. The molecule has 0 amide bonds. The summed E-state index contributed by atoms with van der Waals surface area (Å²) in [5, 5.41) is 7.99. The predicted octanol–water partition coefficient (Wildman–Crippen LogP) is 2.79. The molecular weight excluding hydrogens is 461 g/mol. The third kappa shape index (κ3) is 8.06. The van der Waals surface area contributed by atoms with Crippen molar-refractivity contribution in [1.29, 1.82) is 0 Å². The summed E-state index contributed by atoms with van der Waals surface area (Å²) in [7, 11) is 1.77. The second-order valence-corrected chi connectivity index (χ2v) is 7.88. The molecule has 8 heteroatoms. The highest BCUT2D eigenvalue weighted by atomic mass is 127. The van der Waals surface area contributed by atoms with E-state index in [9.17, 15) is 0 Å². The van der Waals surface area contributed by atoms with Gasteiger partial charge in [-0.15, -0.1) is 35.3 Å². The molecule has 150 valence electrons. The van der Waals surface area contributed by atoms with E-state index in [4.69, 9.17) is 9.73 Å². The van der Waals surface area contributed by atoms with E-state index in [2.05, 4.69) is 34.4 Å². The first-order valence-corrected chi connectivity index (χ1v) is 10.1. The van der Waals surface area contributed by atoms with Crippen LogP contribution in [-0.2, 0) is 11.3 Å². The molecule has 0 bridgehead atoms. The van der Waals surface area contributed by atoms with Crippen LogP contribution in [0.25, 0.3) is 0 Å². The van der Waals surface area contributed by atoms with Gasteiger partial charge in [0, 0.05) is 31.6 Å². The molecule has 0 unspecified atom stereocenters. The van der Waals surface area contributed by atoms with Crippen molar-refractivity contribution < 1.29 is 4.74 Å². The van der Waals surface area contributed by atoms with Crippen LogP contribution in [0.3, 0.4) is 0 Å². The van der Waals surface area contributed by atoms with Gasteiger partial charge in [-0.1, -0.05) is 0 Å². The molecule has 0 saturated carbocycles. The van der Waals surface area contributed by atoms with Gasteiger partial charge in [0.25, 0.3) is 0 Å². The minimum absolute atomic E-state index is 0.